The molecule has 1 aromatic heterocycles. The first-order valence-corrected chi connectivity index (χ1v) is 14.9. The summed E-state index contributed by atoms with van der Waals surface area (Å²) in [4.78, 5) is 14.9. The van der Waals surface area contributed by atoms with Crippen LogP contribution in [0.2, 0.25) is 0 Å². The van der Waals surface area contributed by atoms with Crippen molar-refractivity contribution in [3.63, 3.8) is 0 Å². The van der Waals surface area contributed by atoms with Crippen molar-refractivity contribution in [1.82, 2.24) is 15.0 Å². The second-order valence-corrected chi connectivity index (χ2v) is 11.2. The maximum atomic E-state index is 4.99. The van der Waals surface area contributed by atoms with Crippen molar-refractivity contribution in [2.24, 2.45) is 0 Å². The Balaban J connectivity index is 1.32. The van der Waals surface area contributed by atoms with Crippen LogP contribution in [0.5, 0.6) is 0 Å². The number of halogens is 1. The number of rotatable bonds is 6. The zero-order chi connectivity index (χ0) is 29.0. The SMILES string of the molecule is Brc1cccc(-c2cccc(-c3nc(-c4ccc(-c5ccccc5)cc4)nc(-c4ccc(-c5ccccc5)cc4)n3)c2)c1. The van der Waals surface area contributed by atoms with Crippen LogP contribution in [-0.4, -0.2) is 15.0 Å². The van der Waals surface area contributed by atoms with Crippen molar-refractivity contribution >= 4 is 15.9 Å². The van der Waals surface area contributed by atoms with Crippen molar-refractivity contribution in [3.8, 4) is 67.5 Å². The van der Waals surface area contributed by atoms with Crippen molar-refractivity contribution in [3.05, 3.63) is 162 Å². The minimum absolute atomic E-state index is 0.635. The molecule has 1 heterocycles. The Morgan fingerprint density at radius 3 is 1.12 bits per heavy atom. The number of benzene rings is 6. The molecule has 0 N–H and O–H groups in total. The summed E-state index contributed by atoms with van der Waals surface area (Å²) in [6.07, 6.45) is 0. The lowest BCUT2D eigenvalue weighted by molar-refractivity contribution is 1.07. The highest BCUT2D eigenvalue weighted by atomic mass is 79.9. The van der Waals surface area contributed by atoms with E-state index in [1.807, 2.05) is 24.3 Å². The second kappa shape index (κ2) is 12.0. The zero-order valence-corrected chi connectivity index (χ0v) is 24.8. The van der Waals surface area contributed by atoms with E-state index in [9.17, 15) is 0 Å². The van der Waals surface area contributed by atoms with E-state index >= 15 is 0 Å². The first-order valence-electron chi connectivity index (χ1n) is 14.1. The first-order chi connectivity index (χ1) is 21.2. The van der Waals surface area contributed by atoms with Gasteiger partial charge in [0.2, 0.25) is 0 Å². The van der Waals surface area contributed by atoms with Gasteiger partial charge in [0.05, 0.1) is 0 Å². The number of aromatic nitrogens is 3. The summed E-state index contributed by atoms with van der Waals surface area (Å²) >= 11 is 3.60. The molecular weight excluding hydrogens is 590 g/mol. The predicted octanol–water partition coefficient (Wildman–Crippen LogP) is 10.6. The van der Waals surface area contributed by atoms with Gasteiger partial charge in [0.15, 0.2) is 17.5 Å². The van der Waals surface area contributed by atoms with Crippen LogP contribution in [-0.2, 0) is 0 Å². The molecule has 0 aliphatic rings. The highest BCUT2D eigenvalue weighted by Gasteiger charge is 2.14. The van der Waals surface area contributed by atoms with Gasteiger partial charge in [-0.25, -0.2) is 15.0 Å². The molecule has 0 saturated carbocycles. The monoisotopic (exact) mass is 615 g/mol. The van der Waals surface area contributed by atoms with Crippen molar-refractivity contribution < 1.29 is 0 Å². The van der Waals surface area contributed by atoms with Gasteiger partial charge in [-0.15, -0.1) is 0 Å². The van der Waals surface area contributed by atoms with E-state index in [2.05, 4.69) is 149 Å². The number of hydrogen-bond donors (Lipinski definition) is 0. The molecule has 7 aromatic rings. The maximum Gasteiger partial charge on any atom is 0.164 e. The molecule has 204 valence electrons. The Bertz CT molecular complexity index is 1900. The van der Waals surface area contributed by atoms with Gasteiger partial charge >= 0.3 is 0 Å². The van der Waals surface area contributed by atoms with E-state index in [-0.39, 0.29) is 0 Å². The summed E-state index contributed by atoms with van der Waals surface area (Å²) in [7, 11) is 0. The third-order valence-corrected chi connectivity index (χ3v) is 7.91. The van der Waals surface area contributed by atoms with Crippen LogP contribution in [0.25, 0.3) is 67.5 Å². The molecule has 0 atom stereocenters. The highest BCUT2D eigenvalue weighted by molar-refractivity contribution is 9.10. The molecule has 0 bridgehead atoms. The van der Waals surface area contributed by atoms with E-state index in [0.29, 0.717) is 17.5 Å². The first kappa shape index (κ1) is 26.7. The molecule has 0 aliphatic heterocycles. The van der Waals surface area contributed by atoms with Crippen LogP contribution in [0.15, 0.2) is 162 Å². The minimum Gasteiger partial charge on any atom is -0.208 e. The fraction of sp³-hybridized carbons (Fsp3) is 0. The largest absolute Gasteiger partial charge is 0.208 e. The maximum absolute atomic E-state index is 4.99. The van der Waals surface area contributed by atoms with E-state index in [4.69, 9.17) is 15.0 Å². The summed E-state index contributed by atoms with van der Waals surface area (Å²) in [5.41, 5.74) is 9.68. The van der Waals surface area contributed by atoms with Gasteiger partial charge in [-0.1, -0.05) is 155 Å². The fourth-order valence-electron chi connectivity index (χ4n) is 5.15. The van der Waals surface area contributed by atoms with Gasteiger partial charge < -0.3 is 0 Å². The molecular formula is C39H26BrN3. The lowest BCUT2D eigenvalue weighted by Gasteiger charge is -2.11. The Morgan fingerprint density at radius 1 is 0.279 bits per heavy atom. The third-order valence-electron chi connectivity index (χ3n) is 7.41. The van der Waals surface area contributed by atoms with Crippen molar-refractivity contribution in [2.75, 3.05) is 0 Å². The molecule has 4 heteroatoms. The second-order valence-electron chi connectivity index (χ2n) is 10.3. The zero-order valence-electron chi connectivity index (χ0n) is 23.2. The highest BCUT2D eigenvalue weighted by Crippen LogP contribution is 2.31. The third kappa shape index (κ3) is 5.92. The standard InChI is InChI=1S/C39H26BrN3/c40-36-16-8-14-34(26-36)33-13-7-15-35(25-33)39-42-37(31-21-17-29(18-22-31)27-9-3-1-4-10-27)41-38(43-39)32-23-19-30(20-24-32)28-11-5-2-6-12-28/h1-26H. The molecule has 0 aliphatic carbocycles. The quantitative estimate of drug-likeness (QED) is 0.187. The summed E-state index contributed by atoms with van der Waals surface area (Å²) in [6.45, 7) is 0. The molecule has 0 amide bonds. The molecule has 6 aromatic carbocycles. The van der Waals surface area contributed by atoms with Gasteiger partial charge in [0.1, 0.15) is 0 Å². The molecule has 43 heavy (non-hydrogen) atoms. The summed E-state index contributed by atoms with van der Waals surface area (Å²) < 4.78 is 1.04. The van der Waals surface area contributed by atoms with Crippen LogP contribution < -0.4 is 0 Å². The van der Waals surface area contributed by atoms with Crippen molar-refractivity contribution in [1.29, 1.82) is 0 Å². The average Bonchev–Trinajstić information content (AvgIpc) is 3.09. The molecule has 0 spiro atoms. The smallest absolute Gasteiger partial charge is 0.164 e. The van der Waals surface area contributed by atoms with Crippen LogP contribution in [0, 0.1) is 0 Å². The van der Waals surface area contributed by atoms with E-state index in [0.717, 1.165) is 43.4 Å². The summed E-state index contributed by atoms with van der Waals surface area (Å²) in [6, 6.07) is 54.2. The van der Waals surface area contributed by atoms with E-state index in [1.165, 1.54) is 11.1 Å². The van der Waals surface area contributed by atoms with Crippen LogP contribution in [0.3, 0.4) is 0 Å². The minimum atomic E-state index is 0.635. The summed E-state index contributed by atoms with van der Waals surface area (Å²) in [5, 5.41) is 0. The average molecular weight is 617 g/mol. The van der Waals surface area contributed by atoms with Crippen LogP contribution in [0.1, 0.15) is 0 Å². The van der Waals surface area contributed by atoms with E-state index in [1.54, 1.807) is 0 Å². The predicted molar refractivity (Wildman–Crippen MR) is 180 cm³/mol. The lowest BCUT2D eigenvalue weighted by Crippen LogP contribution is -2.00. The van der Waals surface area contributed by atoms with Gasteiger partial charge in [-0.05, 0) is 51.6 Å². The normalized spacial score (nSPS) is 10.9. The number of nitrogens with zero attached hydrogens (tertiary/aromatic N) is 3. The Morgan fingerprint density at radius 2 is 0.628 bits per heavy atom. The van der Waals surface area contributed by atoms with Gasteiger partial charge in [-0.2, -0.15) is 0 Å². The van der Waals surface area contributed by atoms with Gasteiger partial charge in [-0.3, -0.25) is 0 Å². The molecule has 0 fully saturated rings. The summed E-state index contributed by atoms with van der Waals surface area (Å²) in [5.74, 6) is 1.91. The molecule has 3 nitrogen and oxygen atoms in total. The lowest BCUT2D eigenvalue weighted by atomic mass is 10.0. The molecule has 0 unspecified atom stereocenters. The van der Waals surface area contributed by atoms with Gasteiger partial charge in [0.25, 0.3) is 0 Å². The topological polar surface area (TPSA) is 38.7 Å². The van der Waals surface area contributed by atoms with Crippen LogP contribution >= 0.6 is 15.9 Å². The fourth-order valence-corrected chi connectivity index (χ4v) is 5.55. The van der Waals surface area contributed by atoms with Gasteiger partial charge in [0, 0.05) is 21.2 Å². The Labute approximate surface area is 259 Å². The molecule has 0 radical (unpaired) electrons. The number of hydrogen-bond acceptors (Lipinski definition) is 3. The van der Waals surface area contributed by atoms with E-state index < -0.39 is 0 Å². The van der Waals surface area contributed by atoms with Crippen molar-refractivity contribution in [2.45, 2.75) is 0 Å². The molecule has 0 saturated heterocycles. The molecule has 7 rings (SSSR count). The Hall–Kier alpha value is -5.19. The van der Waals surface area contributed by atoms with Crippen LogP contribution in [0.4, 0.5) is 0 Å². The Kier molecular flexibility index (Phi) is 7.43.